The van der Waals surface area contributed by atoms with E-state index >= 15 is 0 Å². The van der Waals surface area contributed by atoms with Crippen molar-refractivity contribution < 1.29 is 19.1 Å². The minimum atomic E-state index is -0.313. The van der Waals surface area contributed by atoms with Gasteiger partial charge in [-0.25, -0.2) is 4.79 Å². The number of carbonyl (C=O) groups excluding carboxylic acids is 2. The van der Waals surface area contributed by atoms with Crippen molar-refractivity contribution >= 4 is 34.9 Å². The number of halogens is 1. The maximum atomic E-state index is 12.9. The maximum absolute atomic E-state index is 12.9. The molecule has 1 saturated heterocycles. The van der Waals surface area contributed by atoms with Crippen LogP contribution in [0.1, 0.15) is 19.3 Å². The van der Waals surface area contributed by atoms with Gasteiger partial charge >= 0.3 is 6.03 Å². The minimum absolute atomic E-state index is 0.163. The number of nitrogens with one attached hydrogen (secondary N) is 2. The molecule has 2 aliphatic rings. The second-order valence-electron chi connectivity index (χ2n) is 7.40. The van der Waals surface area contributed by atoms with Crippen LogP contribution in [0.3, 0.4) is 0 Å². The molecular formula is C22H24ClN3O4. The predicted molar refractivity (Wildman–Crippen MR) is 115 cm³/mol. The van der Waals surface area contributed by atoms with Crippen LogP contribution in [0.4, 0.5) is 16.2 Å². The molecule has 0 radical (unpaired) electrons. The van der Waals surface area contributed by atoms with E-state index in [4.69, 9.17) is 21.1 Å². The van der Waals surface area contributed by atoms with Crippen LogP contribution in [-0.2, 0) is 4.79 Å². The molecule has 1 fully saturated rings. The molecule has 2 aliphatic heterocycles. The van der Waals surface area contributed by atoms with Crippen molar-refractivity contribution in [2.45, 2.75) is 19.3 Å². The summed E-state index contributed by atoms with van der Waals surface area (Å²) in [5, 5.41) is 6.16. The zero-order valence-electron chi connectivity index (χ0n) is 16.5. The molecule has 3 amide bonds. The summed E-state index contributed by atoms with van der Waals surface area (Å²) >= 11 is 6.34. The number of rotatable bonds is 3. The van der Waals surface area contributed by atoms with Crippen molar-refractivity contribution in [3.63, 3.8) is 0 Å². The second-order valence-corrected chi connectivity index (χ2v) is 7.81. The molecule has 1 unspecified atom stereocenters. The first-order chi connectivity index (χ1) is 14.6. The van der Waals surface area contributed by atoms with Gasteiger partial charge < -0.3 is 25.0 Å². The maximum Gasteiger partial charge on any atom is 0.321 e. The molecule has 158 valence electrons. The normalized spacial score (nSPS) is 18.3. The molecule has 8 heteroatoms. The molecule has 2 aromatic carbocycles. The lowest BCUT2D eigenvalue weighted by Crippen LogP contribution is -2.45. The molecule has 0 aromatic heterocycles. The van der Waals surface area contributed by atoms with Crippen molar-refractivity contribution in [3.05, 3.63) is 47.5 Å². The molecule has 4 rings (SSSR count). The molecular weight excluding hydrogens is 406 g/mol. The van der Waals surface area contributed by atoms with Gasteiger partial charge in [0.25, 0.3) is 0 Å². The fourth-order valence-corrected chi connectivity index (χ4v) is 3.82. The van der Waals surface area contributed by atoms with Crippen molar-refractivity contribution in [3.8, 4) is 11.5 Å². The SMILES string of the molecule is O=C(Nc1cc2c(cc1Cl)OCCCO2)C1CCCN(C(=O)Nc2ccccc2)C1. The Bertz CT molecular complexity index is 922. The Hall–Kier alpha value is -2.93. The summed E-state index contributed by atoms with van der Waals surface area (Å²) in [6, 6.07) is 12.4. The average Bonchev–Trinajstić information content (AvgIpc) is 2.99. The number of amides is 3. The van der Waals surface area contributed by atoms with Crippen LogP contribution in [0.5, 0.6) is 11.5 Å². The van der Waals surface area contributed by atoms with E-state index in [1.807, 2.05) is 30.3 Å². The zero-order chi connectivity index (χ0) is 20.9. The number of benzene rings is 2. The summed E-state index contributed by atoms with van der Waals surface area (Å²) in [4.78, 5) is 27.1. The first kappa shape index (κ1) is 20.3. The van der Waals surface area contributed by atoms with Crippen LogP contribution >= 0.6 is 11.6 Å². The van der Waals surface area contributed by atoms with E-state index in [9.17, 15) is 9.59 Å². The lowest BCUT2D eigenvalue weighted by atomic mass is 9.97. The van der Waals surface area contributed by atoms with Crippen molar-refractivity contribution in [1.82, 2.24) is 4.90 Å². The Kier molecular flexibility index (Phi) is 6.28. The lowest BCUT2D eigenvalue weighted by molar-refractivity contribution is -0.121. The Morgan fingerprint density at radius 2 is 1.73 bits per heavy atom. The third-order valence-electron chi connectivity index (χ3n) is 5.20. The van der Waals surface area contributed by atoms with Crippen LogP contribution in [0.2, 0.25) is 5.02 Å². The van der Waals surface area contributed by atoms with Gasteiger partial charge in [0.2, 0.25) is 5.91 Å². The fraction of sp³-hybridized carbons (Fsp3) is 0.364. The number of likely N-dealkylation sites (tertiary alicyclic amines) is 1. The number of para-hydroxylation sites is 1. The quantitative estimate of drug-likeness (QED) is 0.758. The van der Waals surface area contributed by atoms with Crippen LogP contribution in [-0.4, -0.2) is 43.1 Å². The largest absolute Gasteiger partial charge is 0.490 e. The molecule has 30 heavy (non-hydrogen) atoms. The number of urea groups is 1. The molecule has 1 atom stereocenters. The molecule has 7 nitrogen and oxygen atoms in total. The van der Waals surface area contributed by atoms with E-state index < -0.39 is 0 Å². The highest BCUT2D eigenvalue weighted by Crippen LogP contribution is 2.38. The number of fused-ring (bicyclic) bond motifs is 1. The van der Waals surface area contributed by atoms with Crippen molar-refractivity contribution in [2.75, 3.05) is 36.9 Å². The molecule has 2 N–H and O–H groups in total. The molecule has 2 heterocycles. The monoisotopic (exact) mass is 429 g/mol. The Morgan fingerprint density at radius 3 is 2.50 bits per heavy atom. The Labute approximate surface area is 180 Å². The standard InChI is InChI=1S/C22H24ClN3O4/c23-17-12-19-20(30-11-5-10-29-19)13-18(17)25-21(27)15-6-4-9-26(14-15)22(28)24-16-7-2-1-3-8-16/h1-3,7-8,12-13,15H,4-6,9-11,14H2,(H,24,28)(H,25,27). The van der Waals surface area contributed by atoms with Gasteiger partial charge in [-0.2, -0.15) is 0 Å². The van der Waals surface area contributed by atoms with Gasteiger partial charge in [-0.1, -0.05) is 29.8 Å². The first-order valence-corrected chi connectivity index (χ1v) is 10.5. The summed E-state index contributed by atoms with van der Waals surface area (Å²) in [5.41, 5.74) is 1.21. The van der Waals surface area contributed by atoms with Crippen molar-refractivity contribution in [1.29, 1.82) is 0 Å². The third-order valence-corrected chi connectivity index (χ3v) is 5.51. The van der Waals surface area contributed by atoms with E-state index in [2.05, 4.69) is 10.6 Å². The molecule has 0 aliphatic carbocycles. The number of ether oxygens (including phenoxy) is 2. The molecule has 0 spiro atoms. The van der Waals surface area contributed by atoms with Crippen LogP contribution in [0, 0.1) is 5.92 Å². The second kappa shape index (κ2) is 9.26. The number of hydrogen-bond acceptors (Lipinski definition) is 4. The van der Waals surface area contributed by atoms with Gasteiger partial charge in [0.1, 0.15) is 0 Å². The van der Waals surface area contributed by atoms with E-state index in [1.54, 1.807) is 17.0 Å². The number of hydrogen-bond donors (Lipinski definition) is 2. The number of piperidine rings is 1. The van der Waals surface area contributed by atoms with Gasteiger partial charge in [0, 0.05) is 37.3 Å². The summed E-state index contributed by atoms with van der Waals surface area (Å²) < 4.78 is 11.3. The zero-order valence-corrected chi connectivity index (χ0v) is 17.3. The van der Waals surface area contributed by atoms with Gasteiger partial charge in [0.15, 0.2) is 11.5 Å². The van der Waals surface area contributed by atoms with E-state index in [0.29, 0.717) is 54.9 Å². The summed E-state index contributed by atoms with van der Waals surface area (Å²) in [5.74, 6) is 0.674. The molecule has 0 saturated carbocycles. The van der Waals surface area contributed by atoms with Crippen LogP contribution in [0.25, 0.3) is 0 Å². The van der Waals surface area contributed by atoms with E-state index in [1.165, 1.54) is 0 Å². The van der Waals surface area contributed by atoms with Gasteiger partial charge in [0.05, 0.1) is 29.8 Å². The lowest BCUT2D eigenvalue weighted by Gasteiger charge is -2.32. The first-order valence-electron chi connectivity index (χ1n) is 10.1. The van der Waals surface area contributed by atoms with Gasteiger partial charge in [-0.3, -0.25) is 4.79 Å². The average molecular weight is 430 g/mol. The topological polar surface area (TPSA) is 79.9 Å². The third kappa shape index (κ3) is 4.79. The fourth-order valence-electron chi connectivity index (χ4n) is 3.61. The summed E-state index contributed by atoms with van der Waals surface area (Å²) in [6.07, 6.45) is 2.26. The highest BCUT2D eigenvalue weighted by Gasteiger charge is 2.29. The minimum Gasteiger partial charge on any atom is -0.490 e. The number of carbonyl (C=O) groups is 2. The number of anilines is 2. The molecule has 2 aromatic rings. The van der Waals surface area contributed by atoms with Gasteiger partial charge in [-0.15, -0.1) is 0 Å². The smallest absolute Gasteiger partial charge is 0.321 e. The van der Waals surface area contributed by atoms with E-state index in [0.717, 1.165) is 18.5 Å². The summed E-state index contributed by atoms with van der Waals surface area (Å²) in [7, 11) is 0. The Balaban J connectivity index is 1.40. The van der Waals surface area contributed by atoms with E-state index in [-0.39, 0.29) is 17.9 Å². The highest BCUT2D eigenvalue weighted by atomic mass is 35.5. The predicted octanol–water partition coefficient (Wildman–Crippen LogP) is 4.38. The highest BCUT2D eigenvalue weighted by molar-refractivity contribution is 6.34. The molecule has 0 bridgehead atoms. The Morgan fingerprint density at radius 1 is 1.00 bits per heavy atom. The van der Waals surface area contributed by atoms with Gasteiger partial charge in [-0.05, 0) is 25.0 Å². The number of nitrogens with zero attached hydrogens (tertiary/aromatic N) is 1. The summed E-state index contributed by atoms with van der Waals surface area (Å²) in [6.45, 7) is 2.09. The van der Waals surface area contributed by atoms with Crippen LogP contribution in [0.15, 0.2) is 42.5 Å². The van der Waals surface area contributed by atoms with Crippen molar-refractivity contribution in [2.24, 2.45) is 5.92 Å². The van der Waals surface area contributed by atoms with Crippen LogP contribution < -0.4 is 20.1 Å².